The minimum absolute atomic E-state index is 0.305. The van der Waals surface area contributed by atoms with Crippen LogP contribution in [0.2, 0.25) is 0 Å². The van der Waals surface area contributed by atoms with Gasteiger partial charge in [0, 0.05) is 0 Å². The monoisotopic (exact) mass is 188 g/mol. The average molecular weight is 188 g/mol. The highest BCUT2D eigenvalue weighted by Gasteiger charge is 2.31. The number of ether oxygens (including phenoxy) is 1. The molecule has 1 saturated carbocycles. The van der Waals surface area contributed by atoms with Gasteiger partial charge in [-0.2, -0.15) is 0 Å². The fraction of sp³-hybridized carbons (Fsp3) is 0.889. The van der Waals surface area contributed by atoms with E-state index in [0.29, 0.717) is 25.9 Å². The molecular weight excluding hydrogens is 172 g/mol. The lowest BCUT2D eigenvalue weighted by Crippen LogP contribution is -2.34. The minimum Gasteiger partial charge on any atom is -0.466 e. The van der Waals surface area contributed by atoms with Gasteiger partial charge in [-0.15, -0.1) is 0 Å². The van der Waals surface area contributed by atoms with Gasteiger partial charge in [-0.1, -0.05) is 0 Å². The molecule has 1 aliphatic rings. The fourth-order valence-corrected chi connectivity index (χ4v) is 1.71. The number of carbonyl (C=O) groups excluding carboxylic acids is 1. The SMILES string of the molecule is CCOC(=O)C1CC(O)CC(O)C1. The first-order valence-electron chi connectivity index (χ1n) is 4.66. The predicted octanol–water partition coefficient (Wildman–Crippen LogP) is 0.0714. The van der Waals surface area contributed by atoms with Crippen LogP contribution in [0, 0.1) is 5.92 Å². The Labute approximate surface area is 77.5 Å². The van der Waals surface area contributed by atoms with Crippen LogP contribution >= 0.6 is 0 Å². The molecule has 2 N–H and O–H groups in total. The summed E-state index contributed by atoms with van der Waals surface area (Å²) in [7, 11) is 0. The third-order valence-corrected chi connectivity index (χ3v) is 2.28. The number of esters is 1. The van der Waals surface area contributed by atoms with Gasteiger partial charge in [0.1, 0.15) is 0 Å². The Hall–Kier alpha value is -0.610. The third kappa shape index (κ3) is 2.97. The zero-order chi connectivity index (χ0) is 9.84. The van der Waals surface area contributed by atoms with E-state index in [1.54, 1.807) is 6.92 Å². The molecule has 2 unspecified atom stereocenters. The van der Waals surface area contributed by atoms with Gasteiger partial charge in [0.2, 0.25) is 0 Å². The van der Waals surface area contributed by atoms with E-state index in [1.807, 2.05) is 0 Å². The second-order valence-electron chi connectivity index (χ2n) is 3.46. The van der Waals surface area contributed by atoms with Gasteiger partial charge in [-0.25, -0.2) is 0 Å². The van der Waals surface area contributed by atoms with E-state index >= 15 is 0 Å². The summed E-state index contributed by atoms with van der Waals surface area (Å²) >= 11 is 0. The van der Waals surface area contributed by atoms with Crippen molar-refractivity contribution in [2.75, 3.05) is 6.61 Å². The Morgan fingerprint density at radius 1 is 1.31 bits per heavy atom. The molecule has 1 fully saturated rings. The van der Waals surface area contributed by atoms with Crippen LogP contribution in [-0.4, -0.2) is 35.0 Å². The van der Waals surface area contributed by atoms with Crippen LogP contribution in [0.4, 0.5) is 0 Å². The van der Waals surface area contributed by atoms with Crippen LogP contribution in [0.15, 0.2) is 0 Å². The van der Waals surface area contributed by atoms with Crippen molar-refractivity contribution < 1.29 is 19.7 Å². The molecule has 76 valence electrons. The molecule has 0 aromatic rings. The van der Waals surface area contributed by atoms with Gasteiger partial charge in [0.25, 0.3) is 0 Å². The van der Waals surface area contributed by atoms with E-state index in [-0.39, 0.29) is 11.9 Å². The van der Waals surface area contributed by atoms with E-state index < -0.39 is 12.2 Å². The summed E-state index contributed by atoms with van der Waals surface area (Å²) in [6, 6.07) is 0. The fourth-order valence-electron chi connectivity index (χ4n) is 1.71. The van der Waals surface area contributed by atoms with Crippen LogP contribution < -0.4 is 0 Å². The van der Waals surface area contributed by atoms with Crippen molar-refractivity contribution in [2.24, 2.45) is 5.92 Å². The molecule has 0 aromatic heterocycles. The Balaban J connectivity index is 2.45. The summed E-state index contributed by atoms with van der Waals surface area (Å²) in [5, 5.41) is 18.6. The molecule has 0 radical (unpaired) electrons. The normalized spacial score (nSPS) is 34.2. The first kappa shape index (κ1) is 10.5. The smallest absolute Gasteiger partial charge is 0.309 e. The van der Waals surface area contributed by atoms with Gasteiger partial charge in [0.05, 0.1) is 24.7 Å². The van der Waals surface area contributed by atoms with Crippen LogP contribution in [0.25, 0.3) is 0 Å². The summed E-state index contributed by atoms with van der Waals surface area (Å²) in [5.74, 6) is -0.640. The molecule has 0 aliphatic heterocycles. The maximum atomic E-state index is 11.2. The van der Waals surface area contributed by atoms with E-state index in [0.717, 1.165) is 0 Å². The van der Waals surface area contributed by atoms with Crippen LogP contribution in [0.1, 0.15) is 26.2 Å². The van der Waals surface area contributed by atoms with E-state index in [9.17, 15) is 15.0 Å². The molecule has 2 atom stereocenters. The Kier molecular flexibility index (Phi) is 3.69. The number of rotatable bonds is 2. The third-order valence-electron chi connectivity index (χ3n) is 2.28. The van der Waals surface area contributed by atoms with Crippen LogP contribution in [0.3, 0.4) is 0 Å². The molecule has 4 heteroatoms. The summed E-state index contributed by atoms with van der Waals surface area (Å²) in [6.45, 7) is 2.09. The zero-order valence-corrected chi connectivity index (χ0v) is 7.77. The highest BCUT2D eigenvalue weighted by Crippen LogP contribution is 2.25. The molecule has 0 bridgehead atoms. The second kappa shape index (κ2) is 4.58. The Bertz CT molecular complexity index is 170. The zero-order valence-electron chi connectivity index (χ0n) is 7.77. The van der Waals surface area contributed by atoms with Crippen molar-refractivity contribution >= 4 is 5.97 Å². The predicted molar refractivity (Wildman–Crippen MR) is 46.0 cm³/mol. The lowest BCUT2D eigenvalue weighted by molar-refractivity contribution is -0.152. The molecule has 0 spiro atoms. The maximum Gasteiger partial charge on any atom is 0.309 e. The molecule has 13 heavy (non-hydrogen) atoms. The van der Waals surface area contributed by atoms with Crippen LogP contribution in [-0.2, 0) is 9.53 Å². The Morgan fingerprint density at radius 2 is 1.85 bits per heavy atom. The lowest BCUT2D eigenvalue weighted by Gasteiger charge is -2.27. The molecule has 1 rings (SSSR count). The van der Waals surface area contributed by atoms with Crippen molar-refractivity contribution in [1.29, 1.82) is 0 Å². The van der Waals surface area contributed by atoms with Crippen molar-refractivity contribution in [3.63, 3.8) is 0 Å². The van der Waals surface area contributed by atoms with Crippen LogP contribution in [0.5, 0.6) is 0 Å². The Morgan fingerprint density at radius 3 is 2.31 bits per heavy atom. The van der Waals surface area contributed by atoms with E-state index in [1.165, 1.54) is 0 Å². The number of aliphatic hydroxyl groups is 2. The van der Waals surface area contributed by atoms with Crippen molar-refractivity contribution in [3.05, 3.63) is 0 Å². The number of hydrogen-bond acceptors (Lipinski definition) is 4. The summed E-state index contributed by atoms with van der Waals surface area (Å²) < 4.78 is 4.82. The molecule has 0 amide bonds. The molecule has 0 aromatic carbocycles. The number of aliphatic hydroxyl groups excluding tert-OH is 2. The van der Waals surface area contributed by atoms with Crippen molar-refractivity contribution in [1.82, 2.24) is 0 Å². The summed E-state index contributed by atoms with van der Waals surface area (Å²) in [5.41, 5.74) is 0. The summed E-state index contributed by atoms with van der Waals surface area (Å²) in [6.07, 6.45) is 0.0538. The standard InChI is InChI=1S/C9H16O4/c1-2-13-9(12)6-3-7(10)5-8(11)4-6/h6-8,10-11H,2-5H2,1H3. The van der Waals surface area contributed by atoms with Gasteiger partial charge >= 0.3 is 5.97 Å². The largest absolute Gasteiger partial charge is 0.466 e. The lowest BCUT2D eigenvalue weighted by atomic mass is 9.85. The van der Waals surface area contributed by atoms with Gasteiger partial charge in [-0.05, 0) is 26.2 Å². The molecular formula is C9H16O4. The van der Waals surface area contributed by atoms with Gasteiger partial charge in [0.15, 0.2) is 0 Å². The summed E-state index contributed by atoms with van der Waals surface area (Å²) in [4.78, 5) is 11.2. The molecule has 0 saturated heterocycles. The van der Waals surface area contributed by atoms with Gasteiger partial charge in [-0.3, -0.25) is 4.79 Å². The van der Waals surface area contributed by atoms with Gasteiger partial charge < -0.3 is 14.9 Å². The highest BCUT2D eigenvalue weighted by molar-refractivity contribution is 5.72. The topological polar surface area (TPSA) is 66.8 Å². The molecule has 0 heterocycles. The maximum absolute atomic E-state index is 11.2. The minimum atomic E-state index is -0.571. The number of carbonyl (C=O) groups is 1. The second-order valence-corrected chi connectivity index (χ2v) is 3.46. The van der Waals surface area contributed by atoms with E-state index in [2.05, 4.69) is 0 Å². The van der Waals surface area contributed by atoms with Crippen molar-refractivity contribution in [3.8, 4) is 0 Å². The van der Waals surface area contributed by atoms with Crippen molar-refractivity contribution in [2.45, 2.75) is 38.4 Å². The quantitative estimate of drug-likeness (QED) is 0.602. The molecule has 1 aliphatic carbocycles. The van der Waals surface area contributed by atoms with E-state index in [4.69, 9.17) is 4.74 Å². The number of hydrogen-bond donors (Lipinski definition) is 2. The highest BCUT2D eigenvalue weighted by atomic mass is 16.5. The first-order chi connectivity index (χ1) is 6.13. The average Bonchev–Trinajstić information content (AvgIpc) is 2.03. The molecule has 4 nitrogen and oxygen atoms in total. The first-order valence-corrected chi connectivity index (χ1v) is 4.66.